The monoisotopic (exact) mass is 252 g/mol. The van der Waals surface area contributed by atoms with E-state index in [0.29, 0.717) is 12.4 Å². The number of carboxylic acid groups (broad SMARTS) is 1. The van der Waals surface area contributed by atoms with Crippen LogP contribution in [0.5, 0.6) is 0 Å². The summed E-state index contributed by atoms with van der Waals surface area (Å²) in [5, 5.41) is 9.16. The SMILES string of the molecule is CCN(c1ncncc1C(=O)O)C(C)CN(C)C. The molecule has 1 aromatic rings. The van der Waals surface area contributed by atoms with E-state index in [1.165, 1.54) is 12.5 Å². The molecular weight excluding hydrogens is 232 g/mol. The van der Waals surface area contributed by atoms with Crippen LogP contribution in [0.4, 0.5) is 5.82 Å². The molecule has 0 saturated heterocycles. The maximum Gasteiger partial charge on any atom is 0.341 e. The summed E-state index contributed by atoms with van der Waals surface area (Å²) >= 11 is 0. The van der Waals surface area contributed by atoms with Gasteiger partial charge in [-0.15, -0.1) is 0 Å². The Balaban J connectivity index is 3.05. The van der Waals surface area contributed by atoms with Gasteiger partial charge in [-0.25, -0.2) is 14.8 Å². The minimum Gasteiger partial charge on any atom is -0.477 e. The molecule has 0 radical (unpaired) electrons. The van der Waals surface area contributed by atoms with E-state index in [1.807, 2.05) is 25.9 Å². The molecule has 0 saturated carbocycles. The molecule has 1 atom stereocenters. The van der Waals surface area contributed by atoms with Gasteiger partial charge in [-0.05, 0) is 27.9 Å². The van der Waals surface area contributed by atoms with Crippen LogP contribution in [0.25, 0.3) is 0 Å². The fourth-order valence-corrected chi connectivity index (χ4v) is 2.00. The quantitative estimate of drug-likeness (QED) is 0.813. The summed E-state index contributed by atoms with van der Waals surface area (Å²) in [6, 6.07) is 0.179. The number of carboxylic acids is 1. The molecule has 1 unspecified atom stereocenters. The lowest BCUT2D eigenvalue weighted by Crippen LogP contribution is -2.41. The Morgan fingerprint density at radius 1 is 1.50 bits per heavy atom. The van der Waals surface area contributed by atoms with Crippen molar-refractivity contribution in [1.82, 2.24) is 14.9 Å². The zero-order valence-electron chi connectivity index (χ0n) is 11.3. The highest BCUT2D eigenvalue weighted by Crippen LogP contribution is 2.18. The molecule has 18 heavy (non-hydrogen) atoms. The van der Waals surface area contributed by atoms with Crippen LogP contribution in [-0.4, -0.2) is 59.2 Å². The summed E-state index contributed by atoms with van der Waals surface area (Å²) in [5.41, 5.74) is 0.143. The Morgan fingerprint density at radius 3 is 2.67 bits per heavy atom. The molecule has 0 spiro atoms. The van der Waals surface area contributed by atoms with Gasteiger partial charge < -0.3 is 14.9 Å². The fraction of sp³-hybridized carbons (Fsp3) is 0.583. The van der Waals surface area contributed by atoms with E-state index < -0.39 is 5.97 Å². The molecule has 1 rings (SSSR count). The molecule has 0 aliphatic carbocycles. The number of hydrogen-bond donors (Lipinski definition) is 1. The molecule has 0 fully saturated rings. The van der Waals surface area contributed by atoms with Gasteiger partial charge in [0.05, 0.1) is 0 Å². The second-order valence-corrected chi connectivity index (χ2v) is 4.46. The van der Waals surface area contributed by atoms with Crippen LogP contribution in [0.15, 0.2) is 12.5 Å². The van der Waals surface area contributed by atoms with E-state index in [-0.39, 0.29) is 11.6 Å². The molecule has 1 aromatic heterocycles. The highest BCUT2D eigenvalue weighted by Gasteiger charge is 2.21. The summed E-state index contributed by atoms with van der Waals surface area (Å²) in [6.45, 7) is 5.57. The number of rotatable bonds is 6. The van der Waals surface area contributed by atoms with Crippen molar-refractivity contribution in [2.24, 2.45) is 0 Å². The zero-order chi connectivity index (χ0) is 13.7. The van der Waals surface area contributed by atoms with Crippen molar-refractivity contribution in [3.63, 3.8) is 0 Å². The van der Waals surface area contributed by atoms with Gasteiger partial charge in [-0.1, -0.05) is 0 Å². The van der Waals surface area contributed by atoms with Crippen molar-refractivity contribution in [3.05, 3.63) is 18.1 Å². The Kier molecular flexibility index (Phi) is 5.03. The summed E-state index contributed by atoms with van der Waals surface area (Å²) in [4.78, 5) is 23.1. The van der Waals surface area contributed by atoms with Gasteiger partial charge in [0.1, 0.15) is 17.7 Å². The summed E-state index contributed by atoms with van der Waals surface area (Å²) in [5.74, 6) is -0.518. The molecule has 100 valence electrons. The molecule has 0 aliphatic heterocycles. The number of anilines is 1. The maximum atomic E-state index is 11.2. The normalized spacial score (nSPS) is 12.5. The molecule has 0 aliphatic rings. The Bertz CT molecular complexity index is 409. The van der Waals surface area contributed by atoms with Gasteiger partial charge >= 0.3 is 5.97 Å². The van der Waals surface area contributed by atoms with Crippen molar-refractivity contribution in [2.45, 2.75) is 19.9 Å². The first kappa shape index (κ1) is 14.4. The number of carbonyl (C=O) groups is 1. The number of aromatic nitrogens is 2. The lowest BCUT2D eigenvalue weighted by molar-refractivity contribution is 0.0696. The van der Waals surface area contributed by atoms with E-state index in [0.717, 1.165) is 6.54 Å². The lowest BCUT2D eigenvalue weighted by Gasteiger charge is -2.31. The zero-order valence-corrected chi connectivity index (χ0v) is 11.3. The van der Waals surface area contributed by atoms with E-state index in [1.54, 1.807) is 0 Å². The second kappa shape index (κ2) is 6.30. The van der Waals surface area contributed by atoms with Crippen LogP contribution < -0.4 is 4.90 Å². The molecule has 6 heteroatoms. The smallest absolute Gasteiger partial charge is 0.341 e. The third-order valence-corrected chi connectivity index (χ3v) is 2.70. The van der Waals surface area contributed by atoms with E-state index in [4.69, 9.17) is 5.11 Å². The van der Waals surface area contributed by atoms with Gasteiger partial charge in [-0.3, -0.25) is 0 Å². The largest absolute Gasteiger partial charge is 0.477 e. The van der Waals surface area contributed by atoms with Crippen LogP contribution >= 0.6 is 0 Å². The predicted molar refractivity (Wildman–Crippen MR) is 70.0 cm³/mol. The molecule has 1 heterocycles. The Labute approximate surface area is 107 Å². The van der Waals surface area contributed by atoms with Crippen LogP contribution in [0, 0.1) is 0 Å². The molecule has 0 amide bonds. The average molecular weight is 252 g/mol. The van der Waals surface area contributed by atoms with E-state index >= 15 is 0 Å². The average Bonchev–Trinajstić information content (AvgIpc) is 2.29. The first-order valence-electron chi connectivity index (χ1n) is 5.92. The predicted octanol–water partition coefficient (Wildman–Crippen LogP) is 0.951. The van der Waals surface area contributed by atoms with Crippen molar-refractivity contribution < 1.29 is 9.90 Å². The molecule has 0 bridgehead atoms. The van der Waals surface area contributed by atoms with Gasteiger partial charge in [0, 0.05) is 25.3 Å². The fourth-order valence-electron chi connectivity index (χ4n) is 2.00. The second-order valence-electron chi connectivity index (χ2n) is 4.46. The number of aromatic carboxylic acids is 1. The highest BCUT2D eigenvalue weighted by atomic mass is 16.4. The molecule has 6 nitrogen and oxygen atoms in total. The van der Waals surface area contributed by atoms with Gasteiger partial charge in [-0.2, -0.15) is 0 Å². The Hall–Kier alpha value is -1.69. The van der Waals surface area contributed by atoms with Crippen molar-refractivity contribution in [2.75, 3.05) is 32.1 Å². The minimum absolute atomic E-state index is 0.143. The standard InChI is InChI=1S/C12H20N4O2/c1-5-16(9(2)7-15(3)4)11-10(12(17)18)6-13-8-14-11/h6,8-9H,5,7H2,1-4H3,(H,17,18). The van der Waals surface area contributed by atoms with Crippen LogP contribution in [0.3, 0.4) is 0 Å². The van der Waals surface area contributed by atoms with E-state index in [9.17, 15) is 4.79 Å². The maximum absolute atomic E-state index is 11.2. The van der Waals surface area contributed by atoms with Crippen molar-refractivity contribution in [1.29, 1.82) is 0 Å². The van der Waals surface area contributed by atoms with Gasteiger partial charge in [0.25, 0.3) is 0 Å². The molecule has 1 N–H and O–H groups in total. The topological polar surface area (TPSA) is 69.6 Å². The summed E-state index contributed by atoms with van der Waals surface area (Å²) in [6.07, 6.45) is 2.72. The number of nitrogens with zero attached hydrogens (tertiary/aromatic N) is 4. The molecule has 0 aromatic carbocycles. The van der Waals surface area contributed by atoms with Crippen molar-refractivity contribution in [3.8, 4) is 0 Å². The molecular formula is C12H20N4O2. The highest BCUT2D eigenvalue weighted by molar-refractivity contribution is 5.92. The third kappa shape index (κ3) is 3.40. The third-order valence-electron chi connectivity index (χ3n) is 2.70. The first-order valence-corrected chi connectivity index (χ1v) is 5.92. The van der Waals surface area contributed by atoms with Crippen LogP contribution in [-0.2, 0) is 0 Å². The van der Waals surface area contributed by atoms with Crippen molar-refractivity contribution >= 4 is 11.8 Å². The first-order chi connectivity index (χ1) is 8.47. The van der Waals surface area contributed by atoms with Crippen LogP contribution in [0.1, 0.15) is 24.2 Å². The Morgan fingerprint density at radius 2 is 2.17 bits per heavy atom. The number of hydrogen-bond acceptors (Lipinski definition) is 5. The summed E-state index contributed by atoms with van der Waals surface area (Å²) in [7, 11) is 3.98. The van der Waals surface area contributed by atoms with Crippen LogP contribution in [0.2, 0.25) is 0 Å². The number of likely N-dealkylation sites (N-methyl/N-ethyl adjacent to an activating group) is 2. The lowest BCUT2D eigenvalue weighted by atomic mass is 10.2. The minimum atomic E-state index is -0.999. The summed E-state index contributed by atoms with van der Waals surface area (Å²) < 4.78 is 0. The van der Waals surface area contributed by atoms with Gasteiger partial charge in [0.15, 0.2) is 0 Å². The van der Waals surface area contributed by atoms with Gasteiger partial charge in [0.2, 0.25) is 0 Å². The van der Waals surface area contributed by atoms with E-state index in [2.05, 4.69) is 21.8 Å².